The summed E-state index contributed by atoms with van der Waals surface area (Å²) < 4.78 is 0. The SMILES string of the molecule is Cc1nc(-c2ccccc2)sc1-c1ccc(SCC(=O)Nc2ccc(C(C)C)cc2)nn1. The molecule has 0 bridgehead atoms. The molecule has 0 fully saturated rings. The lowest BCUT2D eigenvalue weighted by molar-refractivity contribution is -0.113. The molecular formula is C25H24N4OS2. The standard InChI is InChI=1S/C25H24N4OS2/c1-16(2)18-9-11-20(12-10-18)27-22(30)15-31-23-14-13-21(28-29-23)24-17(3)26-25(32-24)19-7-5-4-6-8-19/h4-14,16H,15H2,1-3H3,(H,27,30). The minimum Gasteiger partial charge on any atom is -0.325 e. The van der Waals surface area contributed by atoms with E-state index in [1.807, 2.05) is 61.5 Å². The minimum absolute atomic E-state index is 0.0658. The molecule has 0 aliphatic carbocycles. The third kappa shape index (κ3) is 5.41. The van der Waals surface area contributed by atoms with E-state index in [1.54, 1.807) is 11.3 Å². The second kappa shape index (κ2) is 10.1. The first-order chi connectivity index (χ1) is 15.5. The van der Waals surface area contributed by atoms with Gasteiger partial charge in [-0.2, -0.15) is 0 Å². The number of thioether (sulfide) groups is 1. The number of hydrogen-bond acceptors (Lipinski definition) is 6. The number of hydrogen-bond donors (Lipinski definition) is 1. The van der Waals surface area contributed by atoms with Crippen molar-refractivity contribution in [3.63, 3.8) is 0 Å². The van der Waals surface area contributed by atoms with Crippen LogP contribution in [0.4, 0.5) is 5.69 Å². The van der Waals surface area contributed by atoms with Crippen LogP contribution in [0, 0.1) is 6.92 Å². The van der Waals surface area contributed by atoms with Crippen LogP contribution in [-0.2, 0) is 4.79 Å². The van der Waals surface area contributed by atoms with Crippen molar-refractivity contribution in [3.8, 4) is 21.1 Å². The zero-order valence-corrected chi connectivity index (χ0v) is 19.8. The Morgan fingerprint density at radius 1 is 1.00 bits per heavy atom. The molecule has 0 spiro atoms. The van der Waals surface area contributed by atoms with Crippen molar-refractivity contribution in [3.05, 3.63) is 78.0 Å². The van der Waals surface area contributed by atoms with Crippen LogP contribution in [0.25, 0.3) is 21.1 Å². The molecule has 5 nitrogen and oxygen atoms in total. The minimum atomic E-state index is -0.0658. The molecule has 32 heavy (non-hydrogen) atoms. The van der Waals surface area contributed by atoms with Crippen LogP contribution in [-0.4, -0.2) is 26.8 Å². The van der Waals surface area contributed by atoms with Gasteiger partial charge in [0.15, 0.2) is 0 Å². The Morgan fingerprint density at radius 2 is 1.75 bits per heavy atom. The summed E-state index contributed by atoms with van der Waals surface area (Å²) in [6.45, 7) is 6.28. The molecule has 0 atom stereocenters. The summed E-state index contributed by atoms with van der Waals surface area (Å²) in [6.07, 6.45) is 0. The molecule has 0 saturated heterocycles. The Kier molecular flexibility index (Phi) is 6.97. The highest BCUT2D eigenvalue weighted by Crippen LogP contribution is 2.34. The van der Waals surface area contributed by atoms with Gasteiger partial charge in [-0.05, 0) is 42.7 Å². The molecule has 0 aliphatic rings. The van der Waals surface area contributed by atoms with Gasteiger partial charge in [0.25, 0.3) is 0 Å². The molecule has 1 N–H and O–H groups in total. The Hall–Kier alpha value is -3.03. The summed E-state index contributed by atoms with van der Waals surface area (Å²) in [5.41, 5.74) is 4.88. The number of benzene rings is 2. The van der Waals surface area contributed by atoms with E-state index in [2.05, 4.69) is 46.5 Å². The van der Waals surface area contributed by atoms with Crippen LogP contribution in [0.15, 0.2) is 71.8 Å². The average Bonchev–Trinajstić information content (AvgIpc) is 3.20. The molecule has 4 aromatic rings. The van der Waals surface area contributed by atoms with Crippen LogP contribution < -0.4 is 5.32 Å². The number of aromatic nitrogens is 3. The van der Waals surface area contributed by atoms with E-state index >= 15 is 0 Å². The van der Waals surface area contributed by atoms with E-state index < -0.39 is 0 Å². The Balaban J connectivity index is 1.36. The van der Waals surface area contributed by atoms with Gasteiger partial charge in [-0.3, -0.25) is 4.79 Å². The maximum atomic E-state index is 12.3. The number of rotatable bonds is 7. The summed E-state index contributed by atoms with van der Waals surface area (Å²) >= 11 is 2.98. The summed E-state index contributed by atoms with van der Waals surface area (Å²) in [7, 11) is 0. The van der Waals surface area contributed by atoms with Crippen molar-refractivity contribution in [2.24, 2.45) is 0 Å². The molecule has 162 valence electrons. The molecule has 2 heterocycles. The van der Waals surface area contributed by atoms with E-state index in [4.69, 9.17) is 0 Å². The Labute approximate surface area is 196 Å². The first-order valence-corrected chi connectivity index (χ1v) is 12.2. The van der Waals surface area contributed by atoms with Gasteiger partial charge < -0.3 is 5.32 Å². The third-order valence-electron chi connectivity index (χ3n) is 4.90. The Bertz CT molecular complexity index is 1190. The summed E-state index contributed by atoms with van der Waals surface area (Å²) in [6, 6.07) is 21.9. The van der Waals surface area contributed by atoms with Gasteiger partial charge in [-0.15, -0.1) is 21.5 Å². The normalized spacial score (nSPS) is 11.0. The van der Waals surface area contributed by atoms with Crippen LogP contribution in [0.2, 0.25) is 0 Å². The summed E-state index contributed by atoms with van der Waals surface area (Å²) in [5.74, 6) is 0.678. The van der Waals surface area contributed by atoms with Crippen molar-refractivity contribution < 1.29 is 4.79 Å². The zero-order valence-electron chi connectivity index (χ0n) is 18.2. The molecule has 1 amide bonds. The van der Waals surface area contributed by atoms with Gasteiger partial charge in [0, 0.05) is 11.3 Å². The van der Waals surface area contributed by atoms with Crippen molar-refractivity contribution in [2.75, 3.05) is 11.1 Å². The largest absolute Gasteiger partial charge is 0.325 e. The second-order valence-electron chi connectivity index (χ2n) is 7.67. The van der Waals surface area contributed by atoms with Crippen LogP contribution >= 0.6 is 23.1 Å². The van der Waals surface area contributed by atoms with Gasteiger partial charge >= 0.3 is 0 Å². The molecule has 2 aromatic heterocycles. The number of nitrogens with zero attached hydrogens (tertiary/aromatic N) is 3. The number of aryl methyl sites for hydroxylation is 1. The first-order valence-electron chi connectivity index (χ1n) is 10.4. The van der Waals surface area contributed by atoms with Gasteiger partial charge in [0.05, 0.1) is 16.3 Å². The van der Waals surface area contributed by atoms with Crippen molar-refractivity contribution >= 4 is 34.7 Å². The number of amides is 1. The Morgan fingerprint density at radius 3 is 2.41 bits per heavy atom. The molecule has 2 aromatic carbocycles. The van der Waals surface area contributed by atoms with E-state index in [9.17, 15) is 4.79 Å². The van der Waals surface area contributed by atoms with Crippen LogP contribution in [0.3, 0.4) is 0 Å². The van der Waals surface area contributed by atoms with Gasteiger partial charge in [-0.25, -0.2) is 4.98 Å². The van der Waals surface area contributed by atoms with Crippen molar-refractivity contribution in [1.29, 1.82) is 0 Å². The summed E-state index contributed by atoms with van der Waals surface area (Å²) in [5, 5.41) is 13.3. The molecule has 0 aliphatic heterocycles. The van der Waals surface area contributed by atoms with E-state index in [0.29, 0.717) is 10.9 Å². The van der Waals surface area contributed by atoms with Gasteiger partial charge in [-0.1, -0.05) is 68.1 Å². The monoisotopic (exact) mass is 460 g/mol. The maximum absolute atomic E-state index is 12.3. The zero-order chi connectivity index (χ0) is 22.5. The number of anilines is 1. The van der Waals surface area contributed by atoms with Crippen molar-refractivity contribution in [2.45, 2.75) is 31.7 Å². The molecule has 4 rings (SSSR count). The fourth-order valence-electron chi connectivity index (χ4n) is 3.14. The van der Waals surface area contributed by atoms with Crippen molar-refractivity contribution in [1.82, 2.24) is 15.2 Å². The molecule has 0 saturated carbocycles. The van der Waals surface area contributed by atoms with Gasteiger partial charge in [0.1, 0.15) is 15.7 Å². The molecule has 7 heteroatoms. The lowest BCUT2D eigenvalue weighted by atomic mass is 10.0. The highest BCUT2D eigenvalue weighted by atomic mass is 32.2. The second-order valence-corrected chi connectivity index (χ2v) is 9.66. The molecular weight excluding hydrogens is 436 g/mol. The van der Waals surface area contributed by atoms with Gasteiger partial charge in [0.2, 0.25) is 5.91 Å². The first kappa shape index (κ1) is 22.2. The number of thiazole rings is 1. The smallest absolute Gasteiger partial charge is 0.234 e. The third-order valence-corrected chi connectivity index (χ3v) is 7.05. The highest BCUT2D eigenvalue weighted by Gasteiger charge is 2.13. The number of carbonyl (C=O) groups excluding carboxylic acids is 1. The fraction of sp³-hybridized carbons (Fsp3) is 0.200. The predicted octanol–water partition coefficient (Wildman–Crippen LogP) is 6.43. The van der Waals surface area contributed by atoms with Crippen LogP contribution in [0.1, 0.15) is 31.0 Å². The average molecular weight is 461 g/mol. The van der Waals surface area contributed by atoms with E-state index in [-0.39, 0.29) is 11.7 Å². The van der Waals surface area contributed by atoms with E-state index in [1.165, 1.54) is 17.3 Å². The summed E-state index contributed by atoms with van der Waals surface area (Å²) in [4.78, 5) is 18.0. The highest BCUT2D eigenvalue weighted by molar-refractivity contribution is 7.99. The maximum Gasteiger partial charge on any atom is 0.234 e. The predicted molar refractivity (Wildman–Crippen MR) is 133 cm³/mol. The number of nitrogens with one attached hydrogen (secondary N) is 1. The quantitative estimate of drug-likeness (QED) is 0.322. The van der Waals surface area contributed by atoms with E-state index in [0.717, 1.165) is 32.5 Å². The van der Waals surface area contributed by atoms with Crippen LogP contribution in [0.5, 0.6) is 0 Å². The lowest BCUT2D eigenvalue weighted by Crippen LogP contribution is -2.14. The molecule has 0 radical (unpaired) electrons. The lowest BCUT2D eigenvalue weighted by Gasteiger charge is -2.08. The molecule has 0 unspecified atom stereocenters. The topological polar surface area (TPSA) is 67.8 Å². The fourth-order valence-corrected chi connectivity index (χ4v) is 4.79. The number of carbonyl (C=O) groups is 1.